The van der Waals surface area contributed by atoms with Gasteiger partial charge in [-0.3, -0.25) is 25.0 Å². The first-order chi connectivity index (χ1) is 9.91. The predicted octanol–water partition coefficient (Wildman–Crippen LogP) is 2.44. The summed E-state index contributed by atoms with van der Waals surface area (Å²) in [5.41, 5.74) is -0.838. The van der Waals surface area contributed by atoms with Crippen LogP contribution in [0.1, 0.15) is 35.2 Å². The molecule has 1 aliphatic rings. The predicted molar refractivity (Wildman–Crippen MR) is 74.2 cm³/mol. The highest BCUT2D eigenvalue weighted by Gasteiger charge is 2.27. The maximum Gasteiger partial charge on any atom is 0.279 e. The maximum absolute atomic E-state index is 12.3. The summed E-state index contributed by atoms with van der Waals surface area (Å²) in [4.78, 5) is 34.5. The number of benzene rings is 1. The molecule has 1 amide bonds. The molecule has 0 saturated carbocycles. The van der Waals surface area contributed by atoms with Gasteiger partial charge in [0, 0.05) is 25.2 Å². The molecule has 21 heavy (non-hydrogen) atoms. The highest BCUT2D eigenvalue weighted by atomic mass is 16.6. The lowest BCUT2D eigenvalue weighted by molar-refractivity contribution is -0.395. The summed E-state index contributed by atoms with van der Waals surface area (Å²) in [6.45, 7) is 2.47. The molecular weight excluding hydrogens is 278 g/mol. The first-order valence-corrected chi connectivity index (χ1v) is 6.64. The standard InChI is InChI=1S/C13H15N3O5/c1-9-11(15(18)19)7-10(8-12(9)16(20)21)13(17)14-5-3-2-4-6-14/h7-8H,2-6H2,1H3. The van der Waals surface area contributed by atoms with Crippen LogP contribution in [0.25, 0.3) is 0 Å². The average Bonchev–Trinajstić information content (AvgIpc) is 2.47. The Morgan fingerprint density at radius 1 is 1.05 bits per heavy atom. The van der Waals surface area contributed by atoms with Gasteiger partial charge in [0.05, 0.1) is 15.4 Å². The fourth-order valence-corrected chi connectivity index (χ4v) is 2.47. The van der Waals surface area contributed by atoms with Gasteiger partial charge >= 0.3 is 0 Å². The van der Waals surface area contributed by atoms with Crippen LogP contribution in [0.15, 0.2) is 12.1 Å². The van der Waals surface area contributed by atoms with Crippen LogP contribution in [0.4, 0.5) is 11.4 Å². The number of piperidine rings is 1. The molecule has 1 heterocycles. The number of likely N-dealkylation sites (tertiary alicyclic amines) is 1. The van der Waals surface area contributed by atoms with E-state index in [1.165, 1.54) is 6.92 Å². The molecule has 0 bridgehead atoms. The second kappa shape index (κ2) is 5.86. The number of carbonyl (C=O) groups excluding carboxylic acids is 1. The van der Waals surface area contributed by atoms with Crippen molar-refractivity contribution in [3.63, 3.8) is 0 Å². The van der Waals surface area contributed by atoms with Crippen molar-refractivity contribution in [1.82, 2.24) is 4.90 Å². The van der Waals surface area contributed by atoms with Crippen LogP contribution in [0.3, 0.4) is 0 Å². The van der Waals surface area contributed by atoms with Crippen LogP contribution in [-0.4, -0.2) is 33.7 Å². The zero-order chi connectivity index (χ0) is 15.6. The van der Waals surface area contributed by atoms with Crippen molar-refractivity contribution >= 4 is 17.3 Å². The average molecular weight is 293 g/mol. The van der Waals surface area contributed by atoms with Crippen LogP contribution in [0.5, 0.6) is 0 Å². The van der Waals surface area contributed by atoms with Gasteiger partial charge in [-0.25, -0.2) is 0 Å². The first kappa shape index (κ1) is 14.9. The molecule has 0 N–H and O–H groups in total. The monoisotopic (exact) mass is 293 g/mol. The van der Waals surface area contributed by atoms with Gasteiger partial charge in [-0.15, -0.1) is 0 Å². The first-order valence-electron chi connectivity index (χ1n) is 6.64. The van der Waals surface area contributed by atoms with Gasteiger partial charge in [0.15, 0.2) is 0 Å². The highest BCUT2D eigenvalue weighted by Crippen LogP contribution is 2.30. The Kier molecular flexibility index (Phi) is 4.15. The van der Waals surface area contributed by atoms with Crippen molar-refractivity contribution in [3.8, 4) is 0 Å². The van der Waals surface area contributed by atoms with E-state index in [0.717, 1.165) is 31.4 Å². The van der Waals surface area contributed by atoms with Crippen molar-refractivity contribution in [2.24, 2.45) is 0 Å². The summed E-state index contributed by atoms with van der Waals surface area (Å²) in [7, 11) is 0. The van der Waals surface area contributed by atoms with Crippen LogP contribution in [0, 0.1) is 27.2 Å². The summed E-state index contributed by atoms with van der Waals surface area (Å²) in [6.07, 6.45) is 2.79. The van der Waals surface area contributed by atoms with Crippen molar-refractivity contribution in [3.05, 3.63) is 43.5 Å². The molecule has 0 aromatic heterocycles. The van der Waals surface area contributed by atoms with E-state index in [0.29, 0.717) is 13.1 Å². The third-order valence-corrected chi connectivity index (χ3v) is 3.64. The van der Waals surface area contributed by atoms with E-state index in [4.69, 9.17) is 0 Å². The third-order valence-electron chi connectivity index (χ3n) is 3.64. The topological polar surface area (TPSA) is 107 Å². The Bertz CT molecular complexity index is 573. The zero-order valence-electron chi connectivity index (χ0n) is 11.6. The smallest absolute Gasteiger partial charge is 0.279 e. The summed E-state index contributed by atoms with van der Waals surface area (Å²) < 4.78 is 0. The third kappa shape index (κ3) is 2.99. The molecule has 1 aromatic carbocycles. The van der Waals surface area contributed by atoms with E-state index in [1.54, 1.807) is 4.90 Å². The highest BCUT2D eigenvalue weighted by molar-refractivity contribution is 5.96. The summed E-state index contributed by atoms with van der Waals surface area (Å²) in [6, 6.07) is 2.25. The number of hydrogen-bond donors (Lipinski definition) is 0. The number of amides is 1. The van der Waals surface area contributed by atoms with Crippen molar-refractivity contribution < 1.29 is 14.6 Å². The van der Waals surface area contributed by atoms with E-state index < -0.39 is 21.2 Å². The lowest BCUT2D eigenvalue weighted by Crippen LogP contribution is -2.35. The minimum Gasteiger partial charge on any atom is -0.339 e. The molecule has 8 nitrogen and oxygen atoms in total. The molecule has 112 valence electrons. The lowest BCUT2D eigenvalue weighted by Gasteiger charge is -2.26. The van der Waals surface area contributed by atoms with Crippen LogP contribution >= 0.6 is 0 Å². The number of nitrogens with zero attached hydrogens (tertiary/aromatic N) is 3. The molecule has 0 unspecified atom stereocenters. The quantitative estimate of drug-likeness (QED) is 0.628. The van der Waals surface area contributed by atoms with E-state index in [1.807, 2.05) is 0 Å². The summed E-state index contributed by atoms with van der Waals surface area (Å²) in [5.74, 6) is -0.388. The normalized spacial score (nSPS) is 14.8. The molecule has 1 aromatic rings. The Labute approximate surface area is 120 Å². The fourth-order valence-electron chi connectivity index (χ4n) is 2.47. The number of hydrogen-bond acceptors (Lipinski definition) is 5. The number of rotatable bonds is 3. The number of carbonyl (C=O) groups is 1. The SMILES string of the molecule is Cc1c([N+](=O)[O-])cc(C(=O)N2CCCCC2)cc1[N+](=O)[O-]. The van der Waals surface area contributed by atoms with Crippen molar-refractivity contribution in [2.45, 2.75) is 26.2 Å². The van der Waals surface area contributed by atoms with E-state index in [-0.39, 0.29) is 17.0 Å². The molecular formula is C13H15N3O5. The van der Waals surface area contributed by atoms with Crippen LogP contribution in [0.2, 0.25) is 0 Å². The van der Waals surface area contributed by atoms with Gasteiger partial charge in [0.2, 0.25) is 0 Å². The van der Waals surface area contributed by atoms with Gasteiger partial charge in [-0.1, -0.05) is 0 Å². The minimum atomic E-state index is -0.699. The van der Waals surface area contributed by atoms with Crippen LogP contribution < -0.4 is 0 Å². The Balaban J connectivity index is 2.45. The van der Waals surface area contributed by atoms with E-state index >= 15 is 0 Å². The molecule has 8 heteroatoms. The second-order valence-corrected chi connectivity index (χ2v) is 5.01. The molecule has 0 radical (unpaired) electrons. The van der Waals surface area contributed by atoms with E-state index in [9.17, 15) is 25.0 Å². The van der Waals surface area contributed by atoms with Crippen molar-refractivity contribution in [2.75, 3.05) is 13.1 Å². The number of nitro benzene ring substituents is 2. The van der Waals surface area contributed by atoms with Gasteiger partial charge in [0.1, 0.15) is 5.56 Å². The molecule has 1 aliphatic heterocycles. The Morgan fingerprint density at radius 2 is 1.52 bits per heavy atom. The Morgan fingerprint density at radius 3 is 1.95 bits per heavy atom. The van der Waals surface area contributed by atoms with Crippen molar-refractivity contribution in [1.29, 1.82) is 0 Å². The lowest BCUT2D eigenvalue weighted by atomic mass is 10.0. The molecule has 0 spiro atoms. The second-order valence-electron chi connectivity index (χ2n) is 5.01. The molecule has 1 fully saturated rings. The fraction of sp³-hybridized carbons (Fsp3) is 0.462. The Hall–Kier alpha value is -2.51. The van der Waals surface area contributed by atoms with Gasteiger partial charge in [-0.2, -0.15) is 0 Å². The number of nitro groups is 2. The summed E-state index contributed by atoms with van der Waals surface area (Å²) in [5, 5.41) is 22.0. The maximum atomic E-state index is 12.3. The van der Waals surface area contributed by atoms with E-state index in [2.05, 4.69) is 0 Å². The molecule has 1 saturated heterocycles. The molecule has 0 aliphatic carbocycles. The van der Waals surface area contributed by atoms with Gasteiger partial charge in [0.25, 0.3) is 17.3 Å². The summed E-state index contributed by atoms with van der Waals surface area (Å²) >= 11 is 0. The largest absolute Gasteiger partial charge is 0.339 e. The van der Waals surface area contributed by atoms with Gasteiger partial charge < -0.3 is 4.90 Å². The zero-order valence-corrected chi connectivity index (χ0v) is 11.6. The molecule has 0 atom stereocenters. The minimum absolute atomic E-state index is 0.000833. The van der Waals surface area contributed by atoms with Gasteiger partial charge in [-0.05, 0) is 26.2 Å². The van der Waals surface area contributed by atoms with Crippen LogP contribution in [-0.2, 0) is 0 Å². The molecule has 2 rings (SSSR count).